The zero-order valence-electron chi connectivity index (χ0n) is 8.47. The van der Waals surface area contributed by atoms with Crippen LogP contribution in [0.2, 0.25) is 0 Å². The molecule has 0 bridgehead atoms. The van der Waals surface area contributed by atoms with E-state index in [0.29, 0.717) is 17.4 Å². The smallest absolute Gasteiger partial charge is 0.371 e. The predicted molar refractivity (Wildman–Crippen MR) is 56.2 cm³/mol. The van der Waals surface area contributed by atoms with Gasteiger partial charge in [0.25, 0.3) is 0 Å². The highest BCUT2D eigenvalue weighted by Crippen LogP contribution is 2.20. The minimum absolute atomic E-state index is 0.111. The number of hydrogen-bond donors (Lipinski definition) is 2. The summed E-state index contributed by atoms with van der Waals surface area (Å²) in [5.41, 5.74) is 0.534. The van der Waals surface area contributed by atoms with Gasteiger partial charge in [-0.3, -0.25) is 0 Å². The van der Waals surface area contributed by atoms with E-state index in [1.807, 2.05) is 0 Å². The lowest BCUT2D eigenvalue weighted by molar-refractivity contribution is 0.0663. The van der Waals surface area contributed by atoms with Crippen LogP contribution in [-0.2, 0) is 0 Å². The van der Waals surface area contributed by atoms with Crippen LogP contribution in [0, 0.1) is 0 Å². The first-order valence-corrected chi connectivity index (χ1v) is 4.55. The summed E-state index contributed by atoms with van der Waals surface area (Å²) in [5.74, 6) is -0.365. The number of rotatable bonds is 3. The zero-order chi connectivity index (χ0) is 11.5. The van der Waals surface area contributed by atoms with E-state index in [1.165, 1.54) is 6.07 Å². The molecular weight excluding hydrogens is 210 g/mol. The number of carboxylic acid groups (broad SMARTS) is 1. The van der Waals surface area contributed by atoms with Gasteiger partial charge in [-0.1, -0.05) is 0 Å². The molecule has 0 saturated carbocycles. The first-order chi connectivity index (χ1) is 7.70. The van der Waals surface area contributed by atoms with Gasteiger partial charge in [0.15, 0.2) is 5.76 Å². The van der Waals surface area contributed by atoms with Crippen LogP contribution in [0.1, 0.15) is 10.6 Å². The van der Waals surface area contributed by atoms with Crippen LogP contribution in [0.25, 0.3) is 11.5 Å². The molecule has 0 amide bonds. The lowest BCUT2D eigenvalue weighted by atomic mass is 10.3. The number of carbonyl (C=O) groups is 1. The summed E-state index contributed by atoms with van der Waals surface area (Å²) in [7, 11) is 1.70. The van der Waals surface area contributed by atoms with Gasteiger partial charge >= 0.3 is 5.97 Å². The Morgan fingerprint density at radius 2 is 2.25 bits per heavy atom. The molecule has 0 aromatic carbocycles. The van der Waals surface area contributed by atoms with E-state index in [4.69, 9.17) is 9.52 Å². The fraction of sp³-hybridized carbons (Fsp3) is 0.100. The van der Waals surface area contributed by atoms with Gasteiger partial charge < -0.3 is 14.8 Å². The highest BCUT2D eigenvalue weighted by molar-refractivity contribution is 5.85. The van der Waals surface area contributed by atoms with Gasteiger partial charge in [-0.15, -0.1) is 0 Å². The highest BCUT2D eigenvalue weighted by Gasteiger charge is 2.11. The van der Waals surface area contributed by atoms with E-state index in [9.17, 15) is 4.79 Å². The Hall–Kier alpha value is -2.37. The Balaban J connectivity index is 2.38. The predicted octanol–water partition coefficient (Wildman–Crippen LogP) is 1.48. The molecule has 0 fully saturated rings. The Morgan fingerprint density at radius 1 is 1.44 bits per heavy atom. The van der Waals surface area contributed by atoms with Gasteiger partial charge in [0.2, 0.25) is 11.7 Å². The molecule has 2 N–H and O–H groups in total. The van der Waals surface area contributed by atoms with Crippen LogP contribution in [0.15, 0.2) is 28.8 Å². The summed E-state index contributed by atoms with van der Waals surface area (Å²) in [4.78, 5) is 18.7. The van der Waals surface area contributed by atoms with Crippen LogP contribution in [0.4, 0.5) is 5.95 Å². The molecule has 2 heterocycles. The van der Waals surface area contributed by atoms with Crippen molar-refractivity contribution in [2.45, 2.75) is 0 Å². The van der Waals surface area contributed by atoms with Crippen molar-refractivity contribution < 1.29 is 14.3 Å². The molecule has 2 aromatic rings. The molecule has 0 atom stereocenters. The number of furan rings is 1. The summed E-state index contributed by atoms with van der Waals surface area (Å²) < 4.78 is 5.11. The fourth-order valence-electron chi connectivity index (χ4n) is 1.21. The molecule has 0 unspecified atom stereocenters. The van der Waals surface area contributed by atoms with Crippen molar-refractivity contribution in [3.63, 3.8) is 0 Å². The molecule has 0 aliphatic rings. The second kappa shape index (κ2) is 4.01. The van der Waals surface area contributed by atoms with Crippen LogP contribution in [0.5, 0.6) is 0 Å². The van der Waals surface area contributed by atoms with E-state index < -0.39 is 5.97 Å². The summed E-state index contributed by atoms with van der Waals surface area (Å²) >= 11 is 0. The van der Waals surface area contributed by atoms with Crippen molar-refractivity contribution in [3.05, 3.63) is 30.2 Å². The maximum Gasteiger partial charge on any atom is 0.371 e. The summed E-state index contributed by atoms with van der Waals surface area (Å²) in [6.45, 7) is 0. The number of nitrogens with one attached hydrogen (secondary N) is 1. The minimum Gasteiger partial charge on any atom is -0.475 e. The summed E-state index contributed by atoms with van der Waals surface area (Å²) in [6, 6.07) is 4.59. The third-order valence-corrected chi connectivity index (χ3v) is 1.95. The van der Waals surface area contributed by atoms with Crippen molar-refractivity contribution in [3.8, 4) is 11.5 Å². The molecular formula is C10H9N3O3. The number of aromatic nitrogens is 2. The van der Waals surface area contributed by atoms with Crippen LogP contribution < -0.4 is 5.32 Å². The molecule has 0 spiro atoms. The quantitative estimate of drug-likeness (QED) is 0.812. The maximum absolute atomic E-state index is 10.6. The van der Waals surface area contributed by atoms with Gasteiger partial charge in [-0.2, -0.15) is 0 Å². The van der Waals surface area contributed by atoms with Crippen molar-refractivity contribution in [1.82, 2.24) is 9.97 Å². The average molecular weight is 219 g/mol. The number of nitrogens with zero attached hydrogens (tertiary/aromatic N) is 2. The van der Waals surface area contributed by atoms with Gasteiger partial charge in [0.05, 0.1) is 0 Å². The lowest BCUT2D eigenvalue weighted by Crippen LogP contribution is -1.96. The standard InChI is InChI=1S/C10H9N3O3/c1-11-10-12-5-4-6(13-10)7-2-3-8(16-7)9(14)15/h2-5H,1H3,(H,14,15)(H,11,12,13). The van der Waals surface area contributed by atoms with Crippen molar-refractivity contribution in [1.29, 1.82) is 0 Å². The number of aromatic carboxylic acids is 1. The zero-order valence-corrected chi connectivity index (χ0v) is 8.47. The molecule has 6 heteroatoms. The van der Waals surface area contributed by atoms with Crippen molar-refractivity contribution >= 4 is 11.9 Å². The molecule has 0 aliphatic carbocycles. The van der Waals surface area contributed by atoms with Crippen LogP contribution in [-0.4, -0.2) is 28.1 Å². The fourth-order valence-corrected chi connectivity index (χ4v) is 1.21. The number of anilines is 1. The van der Waals surface area contributed by atoms with E-state index in [2.05, 4.69) is 15.3 Å². The second-order valence-electron chi connectivity index (χ2n) is 2.98. The van der Waals surface area contributed by atoms with Crippen molar-refractivity contribution in [2.75, 3.05) is 12.4 Å². The first-order valence-electron chi connectivity index (χ1n) is 4.55. The largest absolute Gasteiger partial charge is 0.475 e. The lowest BCUT2D eigenvalue weighted by Gasteiger charge is -1.99. The summed E-state index contributed by atoms with van der Waals surface area (Å²) in [6.07, 6.45) is 1.57. The molecule has 16 heavy (non-hydrogen) atoms. The molecule has 0 aliphatic heterocycles. The van der Waals surface area contributed by atoms with E-state index in [0.717, 1.165) is 0 Å². The number of carboxylic acids is 1. The SMILES string of the molecule is CNc1nccc(-c2ccc(C(=O)O)o2)n1. The molecule has 6 nitrogen and oxygen atoms in total. The number of hydrogen-bond acceptors (Lipinski definition) is 5. The minimum atomic E-state index is -1.10. The normalized spacial score (nSPS) is 10.1. The molecule has 0 saturated heterocycles. The monoisotopic (exact) mass is 219 g/mol. The van der Waals surface area contributed by atoms with Crippen LogP contribution >= 0.6 is 0 Å². The van der Waals surface area contributed by atoms with Gasteiger partial charge in [0, 0.05) is 13.2 Å². The summed E-state index contributed by atoms with van der Waals surface area (Å²) in [5, 5.41) is 11.5. The highest BCUT2D eigenvalue weighted by atomic mass is 16.4. The average Bonchev–Trinajstić information content (AvgIpc) is 2.78. The Labute approximate surface area is 91.0 Å². The van der Waals surface area contributed by atoms with E-state index in [-0.39, 0.29) is 5.76 Å². The third-order valence-electron chi connectivity index (χ3n) is 1.95. The van der Waals surface area contributed by atoms with E-state index in [1.54, 1.807) is 25.4 Å². The second-order valence-corrected chi connectivity index (χ2v) is 2.98. The third kappa shape index (κ3) is 1.85. The molecule has 0 radical (unpaired) electrons. The Bertz CT molecular complexity index is 522. The first kappa shape index (κ1) is 10.2. The van der Waals surface area contributed by atoms with Crippen molar-refractivity contribution in [2.24, 2.45) is 0 Å². The van der Waals surface area contributed by atoms with Crippen LogP contribution in [0.3, 0.4) is 0 Å². The van der Waals surface area contributed by atoms with Gasteiger partial charge in [-0.05, 0) is 18.2 Å². The topological polar surface area (TPSA) is 88.2 Å². The molecule has 2 aromatic heterocycles. The van der Waals surface area contributed by atoms with E-state index >= 15 is 0 Å². The Morgan fingerprint density at radius 3 is 2.88 bits per heavy atom. The van der Waals surface area contributed by atoms with Gasteiger partial charge in [0.1, 0.15) is 5.69 Å². The molecule has 82 valence electrons. The maximum atomic E-state index is 10.6. The molecule has 2 rings (SSSR count). The van der Waals surface area contributed by atoms with Gasteiger partial charge in [-0.25, -0.2) is 14.8 Å². The Kier molecular flexibility index (Phi) is 2.55.